The van der Waals surface area contributed by atoms with Crippen molar-refractivity contribution in [3.8, 4) is 0 Å². The molecule has 1 amide bonds. The van der Waals surface area contributed by atoms with E-state index in [0.29, 0.717) is 12.5 Å². The Labute approximate surface area is 99.8 Å². The number of likely N-dealkylation sites (N-methyl/N-ethyl adjacent to an activating group) is 1. The number of carbonyl (C=O) groups excluding carboxylic acids is 1. The summed E-state index contributed by atoms with van der Waals surface area (Å²) >= 11 is 0. The molecule has 96 valence electrons. The predicted molar refractivity (Wildman–Crippen MR) is 68.2 cm³/mol. The minimum absolute atomic E-state index is 0.0686. The molecule has 0 fully saturated rings. The molecule has 0 bridgehead atoms. The molecule has 16 heavy (non-hydrogen) atoms. The molecule has 0 aliphatic rings. The second-order valence-corrected chi connectivity index (χ2v) is 5.12. The van der Waals surface area contributed by atoms with Crippen molar-refractivity contribution in [2.75, 3.05) is 40.3 Å². The molecular weight excluding hydrogens is 202 g/mol. The van der Waals surface area contributed by atoms with Crippen molar-refractivity contribution in [3.05, 3.63) is 0 Å². The van der Waals surface area contributed by atoms with Crippen molar-refractivity contribution in [3.63, 3.8) is 0 Å². The molecule has 0 rings (SSSR count). The van der Waals surface area contributed by atoms with Crippen molar-refractivity contribution < 1.29 is 4.79 Å². The summed E-state index contributed by atoms with van der Waals surface area (Å²) in [5.74, 6) is 0.607. The zero-order valence-corrected chi connectivity index (χ0v) is 11.4. The molecule has 0 aromatic heterocycles. The first-order valence-electron chi connectivity index (χ1n) is 6.02. The first-order valence-corrected chi connectivity index (χ1v) is 6.02. The molecule has 1 unspecified atom stereocenters. The minimum atomic E-state index is -0.0686. The van der Waals surface area contributed by atoms with Crippen molar-refractivity contribution in [1.82, 2.24) is 9.80 Å². The highest BCUT2D eigenvalue weighted by Gasteiger charge is 2.19. The van der Waals surface area contributed by atoms with Crippen LogP contribution in [0.2, 0.25) is 0 Å². The maximum atomic E-state index is 12.0. The molecule has 0 aliphatic heterocycles. The highest BCUT2D eigenvalue weighted by molar-refractivity contribution is 5.78. The Hall–Kier alpha value is -0.610. The number of rotatable bonds is 7. The Morgan fingerprint density at radius 2 is 1.75 bits per heavy atom. The van der Waals surface area contributed by atoms with Crippen LogP contribution in [0.15, 0.2) is 0 Å². The van der Waals surface area contributed by atoms with Gasteiger partial charge < -0.3 is 15.5 Å². The quantitative estimate of drug-likeness (QED) is 0.696. The molecule has 4 heteroatoms. The second-order valence-electron chi connectivity index (χ2n) is 5.12. The van der Waals surface area contributed by atoms with Crippen molar-refractivity contribution in [2.45, 2.75) is 20.8 Å². The van der Waals surface area contributed by atoms with E-state index in [-0.39, 0.29) is 11.8 Å². The van der Waals surface area contributed by atoms with Gasteiger partial charge in [-0.2, -0.15) is 0 Å². The third kappa shape index (κ3) is 6.08. The van der Waals surface area contributed by atoms with Crippen LogP contribution in [-0.4, -0.2) is 56.0 Å². The predicted octanol–water partition coefficient (Wildman–Crippen LogP) is 0.627. The van der Waals surface area contributed by atoms with Gasteiger partial charge in [-0.15, -0.1) is 0 Å². The number of hydrogen-bond donors (Lipinski definition) is 1. The van der Waals surface area contributed by atoms with Gasteiger partial charge in [0.25, 0.3) is 0 Å². The molecule has 2 N–H and O–H groups in total. The van der Waals surface area contributed by atoms with Crippen molar-refractivity contribution in [2.24, 2.45) is 17.6 Å². The van der Waals surface area contributed by atoms with Crippen LogP contribution in [0.1, 0.15) is 20.8 Å². The molecule has 0 radical (unpaired) electrons. The van der Waals surface area contributed by atoms with E-state index < -0.39 is 0 Å². The third-order valence-electron chi connectivity index (χ3n) is 2.49. The van der Waals surface area contributed by atoms with Gasteiger partial charge in [-0.05, 0) is 20.0 Å². The molecule has 0 aromatic carbocycles. The van der Waals surface area contributed by atoms with E-state index in [1.165, 1.54) is 0 Å². The van der Waals surface area contributed by atoms with E-state index in [9.17, 15) is 4.79 Å². The molecule has 0 spiro atoms. The Balaban J connectivity index is 4.34. The monoisotopic (exact) mass is 229 g/mol. The van der Waals surface area contributed by atoms with Crippen LogP contribution < -0.4 is 5.73 Å². The summed E-state index contributed by atoms with van der Waals surface area (Å²) in [6.45, 7) is 9.08. The average Bonchev–Trinajstić information content (AvgIpc) is 2.21. The van der Waals surface area contributed by atoms with Gasteiger partial charge in [0, 0.05) is 32.1 Å². The number of amides is 1. The Bertz CT molecular complexity index is 204. The van der Waals surface area contributed by atoms with Crippen LogP contribution in [0.5, 0.6) is 0 Å². The normalized spacial score (nSPS) is 13.2. The fourth-order valence-corrected chi connectivity index (χ4v) is 1.47. The SMILES string of the molecule is CC(C)CN(CCN(C)C)C(=O)C(C)CN. The smallest absolute Gasteiger partial charge is 0.226 e. The molecule has 0 aromatic rings. The van der Waals surface area contributed by atoms with E-state index >= 15 is 0 Å². The summed E-state index contributed by atoms with van der Waals surface area (Å²) in [5, 5.41) is 0. The molecule has 0 saturated heterocycles. The van der Waals surface area contributed by atoms with E-state index in [0.717, 1.165) is 19.6 Å². The summed E-state index contributed by atoms with van der Waals surface area (Å²) in [6, 6.07) is 0. The molecule has 0 saturated carbocycles. The van der Waals surface area contributed by atoms with Crippen LogP contribution in [0.25, 0.3) is 0 Å². The molecule has 4 nitrogen and oxygen atoms in total. The lowest BCUT2D eigenvalue weighted by Gasteiger charge is -2.28. The minimum Gasteiger partial charge on any atom is -0.341 e. The van der Waals surface area contributed by atoms with Crippen molar-refractivity contribution >= 4 is 5.91 Å². The Kier molecular flexibility index (Phi) is 7.34. The highest BCUT2D eigenvalue weighted by Crippen LogP contribution is 2.05. The molecule has 0 heterocycles. The van der Waals surface area contributed by atoms with Crippen LogP contribution in [-0.2, 0) is 4.79 Å². The van der Waals surface area contributed by atoms with E-state index in [2.05, 4.69) is 18.7 Å². The summed E-state index contributed by atoms with van der Waals surface area (Å²) in [5.41, 5.74) is 5.54. The van der Waals surface area contributed by atoms with E-state index in [4.69, 9.17) is 5.73 Å². The van der Waals surface area contributed by atoms with Gasteiger partial charge in [-0.3, -0.25) is 4.79 Å². The highest BCUT2D eigenvalue weighted by atomic mass is 16.2. The van der Waals surface area contributed by atoms with Gasteiger partial charge in [-0.25, -0.2) is 0 Å². The van der Waals surface area contributed by atoms with Gasteiger partial charge in [0.15, 0.2) is 0 Å². The lowest BCUT2D eigenvalue weighted by atomic mass is 10.1. The third-order valence-corrected chi connectivity index (χ3v) is 2.49. The summed E-state index contributed by atoms with van der Waals surface area (Å²) in [4.78, 5) is 16.1. The van der Waals surface area contributed by atoms with Crippen LogP contribution in [0.3, 0.4) is 0 Å². The fourth-order valence-electron chi connectivity index (χ4n) is 1.47. The van der Waals surface area contributed by atoms with Gasteiger partial charge in [0.05, 0.1) is 0 Å². The maximum absolute atomic E-state index is 12.0. The topological polar surface area (TPSA) is 49.6 Å². The van der Waals surface area contributed by atoms with Crippen LogP contribution in [0.4, 0.5) is 0 Å². The Morgan fingerprint density at radius 1 is 1.19 bits per heavy atom. The number of carbonyl (C=O) groups is 1. The maximum Gasteiger partial charge on any atom is 0.226 e. The summed E-state index contributed by atoms with van der Waals surface area (Å²) in [7, 11) is 4.04. The summed E-state index contributed by atoms with van der Waals surface area (Å²) in [6.07, 6.45) is 0. The fraction of sp³-hybridized carbons (Fsp3) is 0.917. The average molecular weight is 229 g/mol. The van der Waals surface area contributed by atoms with E-state index in [1.807, 2.05) is 25.9 Å². The number of hydrogen-bond acceptors (Lipinski definition) is 3. The largest absolute Gasteiger partial charge is 0.341 e. The Morgan fingerprint density at radius 3 is 2.12 bits per heavy atom. The molecule has 1 atom stereocenters. The van der Waals surface area contributed by atoms with E-state index in [1.54, 1.807) is 0 Å². The van der Waals surface area contributed by atoms with Crippen molar-refractivity contribution in [1.29, 1.82) is 0 Å². The van der Waals surface area contributed by atoms with Gasteiger partial charge in [0.1, 0.15) is 0 Å². The summed E-state index contributed by atoms with van der Waals surface area (Å²) < 4.78 is 0. The van der Waals surface area contributed by atoms with Crippen LogP contribution in [0, 0.1) is 11.8 Å². The molecular formula is C12H27N3O. The zero-order valence-electron chi connectivity index (χ0n) is 11.4. The lowest BCUT2D eigenvalue weighted by Crippen LogP contribution is -2.43. The standard InChI is InChI=1S/C12H27N3O/c1-10(2)9-15(7-6-14(4)5)12(16)11(3)8-13/h10-11H,6-9,13H2,1-5H3. The van der Waals surface area contributed by atoms with Gasteiger partial charge in [-0.1, -0.05) is 20.8 Å². The zero-order chi connectivity index (χ0) is 12.7. The van der Waals surface area contributed by atoms with Crippen LogP contribution >= 0.6 is 0 Å². The van der Waals surface area contributed by atoms with Gasteiger partial charge in [0.2, 0.25) is 5.91 Å². The first-order chi connectivity index (χ1) is 7.38. The second kappa shape index (κ2) is 7.63. The lowest BCUT2D eigenvalue weighted by molar-refractivity contribution is -0.135. The number of nitrogens with zero attached hydrogens (tertiary/aromatic N) is 2. The molecule has 0 aliphatic carbocycles. The first kappa shape index (κ1) is 15.4. The van der Waals surface area contributed by atoms with Gasteiger partial charge >= 0.3 is 0 Å². The number of nitrogens with two attached hydrogens (primary N) is 1.